The van der Waals surface area contributed by atoms with Gasteiger partial charge in [0.25, 0.3) is 0 Å². The van der Waals surface area contributed by atoms with Crippen molar-refractivity contribution in [2.45, 2.75) is 386 Å². The number of rotatable bonds is 61. The van der Waals surface area contributed by atoms with Crippen LogP contribution in [0.4, 0.5) is 0 Å². The van der Waals surface area contributed by atoms with Gasteiger partial charge in [0.05, 0.1) is 25.4 Å². The third kappa shape index (κ3) is 56.2. The summed E-state index contributed by atoms with van der Waals surface area (Å²) >= 11 is 0. The lowest BCUT2D eigenvalue weighted by Gasteiger charge is -2.22. The third-order valence-electron chi connectivity index (χ3n) is 15.4. The van der Waals surface area contributed by atoms with Crippen LogP contribution in [0, 0.1) is 0 Å². The molecule has 1 amide bonds. The maximum atomic E-state index is 12.5. The van der Waals surface area contributed by atoms with E-state index >= 15 is 0 Å². The van der Waals surface area contributed by atoms with Crippen molar-refractivity contribution < 1.29 is 24.5 Å². The molecule has 0 aliphatic rings. The minimum atomic E-state index is -0.671. The molecular formula is C64H127NO5. The molecule has 3 N–H and O–H groups in total. The van der Waals surface area contributed by atoms with Crippen molar-refractivity contribution in [2.24, 2.45) is 0 Å². The molecule has 0 aromatic rings. The van der Waals surface area contributed by atoms with E-state index < -0.39 is 12.1 Å². The normalized spacial score (nSPS) is 12.5. The second-order valence-electron chi connectivity index (χ2n) is 22.5. The topological polar surface area (TPSA) is 95.9 Å². The molecule has 0 aromatic carbocycles. The maximum Gasteiger partial charge on any atom is 0.305 e. The zero-order chi connectivity index (χ0) is 50.7. The first-order chi connectivity index (χ1) is 34.5. The highest BCUT2D eigenvalue weighted by Crippen LogP contribution is 2.19. The third-order valence-corrected chi connectivity index (χ3v) is 15.4. The molecule has 0 aliphatic heterocycles. The van der Waals surface area contributed by atoms with Crippen LogP contribution in [-0.4, -0.2) is 47.4 Å². The molecule has 2 unspecified atom stereocenters. The Morgan fingerprint density at radius 1 is 0.343 bits per heavy atom. The van der Waals surface area contributed by atoms with Crippen molar-refractivity contribution >= 4 is 11.9 Å². The molecule has 0 heterocycles. The van der Waals surface area contributed by atoms with E-state index in [1.54, 1.807) is 0 Å². The SMILES string of the molecule is CCCCCCCCCCCCCCCCCCCCCCCCCC(O)C(CO)NC(=O)CCCCCCCCCCCCCCCCOC(=O)CCCCCCCCCCCCCCCCCC. The van der Waals surface area contributed by atoms with E-state index in [0.717, 1.165) is 51.4 Å². The Kier molecular flexibility index (Phi) is 59.4. The van der Waals surface area contributed by atoms with Gasteiger partial charge >= 0.3 is 5.97 Å². The van der Waals surface area contributed by atoms with E-state index in [2.05, 4.69) is 19.2 Å². The molecule has 0 aromatic heterocycles. The van der Waals surface area contributed by atoms with Gasteiger partial charge in [0.2, 0.25) is 5.91 Å². The summed E-state index contributed by atoms with van der Waals surface area (Å²) in [4.78, 5) is 24.6. The van der Waals surface area contributed by atoms with Crippen LogP contribution in [0.2, 0.25) is 0 Å². The lowest BCUT2D eigenvalue weighted by Crippen LogP contribution is -2.45. The fourth-order valence-electron chi connectivity index (χ4n) is 10.5. The monoisotopic (exact) mass is 990 g/mol. The molecule has 2 atom stereocenters. The lowest BCUT2D eigenvalue weighted by molar-refractivity contribution is -0.143. The van der Waals surface area contributed by atoms with Crippen molar-refractivity contribution in [1.29, 1.82) is 0 Å². The fraction of sp³-hybridized carbons (Fsp3) is 0.969. The highest BCUT2D eigenvalue weighted by Gasteiger charge is 2.20. The molecule has 0 radical (unpaired) electrons. The van der Waals surface area contributed by atoms with Gasteiger partial charge in [-0.3, -0.25) is 9.59 Å². The Labute approximate surface area is 438 Å². The van der Waals surface area contributed by atoms with E-state index in [9.17, 15) is 19.8 Å². The van der Waals surface area contributed by atoms with Crippen LogP contribution in [0.5, 0.6) is 0 Å². The predicted octanol–water partition coefficient (Wildman–Crippen LogP) is 20.3. The van der Waals surface area contributed by atoms with Crippen molar-refractivity contribution in [2.75, 3.05) is 13.2 Å². The van der Waals surface area contributed by atoms with Gasteiger partial charge in [-0.15, -0.1) is 0 Å². The Morgan fingerprint density at radius 3 is 0.871 bits per heavy atom. The van der Waals surface area contributed by atoms with E-state index in [4.69, 9.17) is 4.74 Å². The maximum absolute atomic E-state index is 12.5. The number of aliphatic hydroxyl groups excluding tert-OH is 2. The molecule has 0 bridgehead atoms. The minimum absolute atomic E-state index is 0.00303. The van der Waals surface area contributed by atoms with Gasteiger partial charge in [-0.25, -0.2) is 0 Å². The number of unbranched alkanes of at least 4 members (excludes halogenated alkanes) is 50. The van der Waals surface area contributed by atoms with Gasteiger partial charge in [-0.2, -0.15) is 0 Å². The van der Waals surface area contributed by atoms with Gasteiger partial charge in [0.1, 0.15) is 0 Å². The van der Waals surface area contributed by atoms with Crippen LogP contribution >= 0.6 is 0 Å². The predicted molar refractivity (Wildman–Crippen MR) is 306 cm³/mol. The summed E-state index contributed by atoms with van der Waals surface area (Å²) in [6.45, 7) is 4.98. The second-order valence-corrected chi connectivity index (χ2v) is 22.5. The average Bonchev–Trinajstić information content (AvgIpc) is 3.36. The molecule has 0 spiro atoms. The first-order valence-electron chi connectivity index (χ1n) is 32.3. The zero-order valence-electron chi connectivity index (χ0n) is 47.8. The van der Waals surface area contributed by atoms with Crippen LogP contribution in [0.3, 0.4) is 0 Å². The molecule has 6 heteroatoms. The van der Waals surface area contributed by atoms with Crippen molar-refractivity contribution in [3.05, 3.63) is 0 Å². The number of carbonyl (C=O) groups is 2. The lowest BCUT2D eigenvalue weighted by atomic mass is 10.0. The Hall–Kier alpha value is -1.14. The summed E-state index contributed by atoms with van der Waals surface area (Å²) in [5.41, 5.74) is 0. The van der Waals surface area contributed by atoms with Gasteiger partial charge < -0.3 is 20.3 Å². The molecule has 0 saturated heterocycles. The molecule has 418 valence electrons. The van der Waals surface area contributed by atoms with E-state index in [1.165, 1.54) is 289 Å². The number of esters is 1. The van der Waals surface area contributed by atoms with Crippen molar-refractivity contribution in [3.8, 4) is 0 Å². The van der Waals surface area contributed by atoms with E-state index in [-0.39, 0.29) is 18.5 Å². The number of carbonyl (C=O) groups excluding carboxylic acids is 2. The van der Waals surface area contributed by atoms with Crippen LogP contribution in [0.1, 0.15) is 373 Å². The minimum Gasteiger partial charge on any atom is -0.466 e. The summed E-state index contributed by atoms with van der Waals surface area (Å²) in [5.74, 6) is -0.0370. The molecule has 0 rings (SSSR count). The standard InChI is InChI=1S/C64H127NO5/c1-3-5-7-9-11-13-15-17-19-21-22-23-24-25-26-27-28-32-36-40-44-48-52-56-62(67)61(60-66)65-63(68)57-53-49-45-41-37-33-30-31-35-39-43-47-51-55-59-70-64(69)58-54-50-46-42-38-34-29-20-18-16-14-12-10-8-6-4-2/h61-62,66-67H,3-60H2,1-2H3,(H,65,68). The molecule has 6 nitrogen and oxygen atoms in total. The van der Waals surface area contributed by atoms with Gasteiger partial charge in [-0.05, 0) is 25.7 Å². The summed E-state index contributed by atoms with van der Waals surface area (Å²) < 4.78 is 5.49. The highest BCUT2D eigenvalue weighted by molar-refractivity contribution is 5.76. The van der Waals surface area contributed by atoms with Gasteiger partial charge in [0, 0.05) is 12.8 Å². The molecule has 0 saturated carbocycles. The quantitative estimate of drug-likeness (QED) is 0.0417. The van der Waals surface area contributed by atoms with Crippen molar-refractivity contribution in [1.82, 2.24) is 5.32 Å². The number of ether oxygens (including phenoxy) is 1. The number of hydrogen-bond donors (Lipinski definition) is 3. The summed E-state index contributed by atoms with van der Waals surface area (Å²) in [6, 6.07) is -0.549. The van der Waals surface area contributed by atoms with E-state index in [1.807, 2.05) is 0 Å². The number of nitrogens with one attached hydrogen (secondary N) is 1. The Bertz CT molecular complexity index is 1010. The van der Waals surface area contributed by atoms with Crippen molar-refractivity contribution in [3.63, 3.8) is 0 Å². The van der Waals surface area contributed by atoms with Crippen LogP contribution in [0.15, 0.2) is 0 Å². The Balaban J connectivity index is 3.41. The summed E-state index contributed by atoms with van der Waals surface area (Å²) in [5, 5.41) is 23.4. The highest BCUT2D eigenvalue weighted by atomic mass is 16.5. The summed E-state index contributed by atoms with van der Waals surface area (Å²) in [7, 11) is 0. The Morgan fingerprint density at radius 2 is 0.586 bits per heavy atom. The number of hydrogen-bond acceptors (Lipinski definition) is 5. The van der Waals surface area contributed by atoms with Crippen LogP contribution in [-0.2, 0) is 14.3 Å². The van der Waals surface area contributed by atoms with Crippen LogP contribution in [0.25, 0.3) is 0 Å². The first-order valence-corrected chi connectivity index (χ1v) is 32.3. The molecular weight excluding hydrogens is 863 g/mol. The second kappa shape index (κ2) is 60.4. The largest absolute Gasteiger partial charge is 0.466 e. The zero-order valence-corrected chi connectivity index (χ0v) is 47.8. The number of amides is 1. The average molecular weight is 991 g/mol. The molecule has 0 aliphatic carbocycles. The summed E-state index contributed by atoms with van der Waals surface area (Å²) in [6.07, 6.45) is 71.1. The smallest absolute Gasteiger partial charge is 0.305 e. The van der Waals surface area contributed by atoms with Gasteiger partial charge in [-0.1, -0.05) is 335 Å². The number of aliphatic hydroxyl groups is 2. The fourth-order valence-corrected chi connectivity index (χ4v) is 10.5. The molecule has 0 fully saturated rings. The van der Waals surface area contributed by atoms with Crippen LogP contribution < -0.4 is 5.32 Å². The van der Waals surface area contributed by atoms with E-state index in [0.29, 0.717) is 25.9 Å². The van der Waals surface area contributed by atoms with Gasteiger partial charge in [0.15, 0.2) is 0 Å². The first kappa shape index (κ1) is 68.9. The molecule has 70 heavy (non-hydrogen) atoms.